The molecule has 1 aliphatic heterocycles. The molecule has 0 saturated carbocycles. The lowest BCUT2D eigenvalue weighted by atomic mass is 9.99. The Kier molecular flexibility index (Phi) is 33.2. The van der Waals surface area contributed by atoms with Crippen LogP contribution in [0.4, 0.5) is 0 Å². The summed E-state index contributed by atoms with van der Waals surface area (Å²) in [6, 6.07) is 0. The molecule has 0 aliphatic carbocycles. The lowest BCUT2D eigenvalue weighted by Gasteiger charge is -2.41. The van der Waals surface area contributed by atoms with E-state index in [9.17, 15) is 28.5 Å². The Morgan fingerprint density at radius 2 is 1.04 bits per heavy atom. The Morgan fingerprint density at radius 3 is 1.45 bits per heavy atom. The van der Waals surface area contributed by atoms with Gasteiger partial charge in [-0.1, -0.05) is 181 Å². The number of unbranched alkanes of at least 4 members (excludes halogenated alkanes) is 26. The number of ether oxygens (including phenoxy) is 4. The second-order valence-corrected chi connectivity index (χ2v) is 16.7. The van der Waals surface area contributed by atoms with Crippen LogP contribution in [-0.4, -0.2) is 97.5 Å². The summed E-state index contributed by atoms with van der Waals surface area (Å²) < 4.78 is 58.7. The van der Waals surface area contributed by atoms with Gasteiger partial charge >= 0.3 is 16.4 Å². The first-order valence-electron chi connectivity index (χ1n) is 22.3. The van der Waals surface area contributed by atoms with Crippen LogP contribution in [0.3, 0.4) is 0 Å². The molecule has 328 valence electrons. The maximum absolute atomic E-state index is 12.8. The highest BCUT2D eigenvalue weighted by molar-refractivity contribution is 7.80. The molecule has 1 saturated heterocycles. The van der Waals surface area contributed by atoms with Gasteiger partial charge in [0.2, 0.25) is 0 Å². The van der Waals surface area contributed by atoms with Gasteiger partial charge in [-0.15, -0.1) is 0 Å². The summed E-state index contributed by atoms with van der Waals surface area (Å²) in [7, 11) is -5.05. The van der Waals surface area contributed by atoms with Gasteiger partial charge in [0.25, 0.3) is 0 Å². The zero-order valence-corrected chi connectivity index (χ0v) is 35.6. The number of esters is 1. The minimum Gasteiger partial charge on any atom is -0.457 e. The molecular weight excluding hydrogens is 729 g/mol. The monoisotopic (exact) mass is 811 g/mol. The van der Waals surface area contributed by atoms with E-state index in [2.05, 4.69) is 18.0 Å². The molecule has 6 unspecified atom stereocenters. The minimum atomic E-state index is -5.05. The summed E-state index contributed by atoms with van der Waals surface area (Å²) in [5.41, 5.74) is 0. The quantitative estimate of drug-likeness (QED) is 0.0264. The van der Waals surface area contributed by atoms with Crippen molar-refractivity contribution in [1.82, 2.24) is 0 Å². The average Bonchev–Trinajstić information content (AvgIpc) is 3.15. The minimum absolute atomic E-state index is 0.0415. The molecule has 1 heterocycles. The van der Waals surface area contributed by atoms with E-state index in [1.54, 1.807) is 0 Å². The number of aliphatic hydroxyl groups is 3. The molecule has 12 nitrogen and oxygen atoms in total. The third-order valence-corrected chi connectivity index (χ3v) is 10.9. The number of carbonyl (C=O) groups excluding carboxylic acids is 1. The van der Waals surface area contributed by atoms with Crippen LogP contribution in [0.5, 0.6) is 0 Å². The molecule has 1 rings (SSSR count). The summed E-state index contributed by atoms with van der Waals surface area (Å²) in [5, 5.41) is 30.5. The van der Waals surface area contributed by atoms with E-state index in [0.29, 0.717) is 13.0 Å². The molecule has 0 amide bonds. The number of aliphatic hydroxyl groups excluding tert-OH is 3. The van der Waals surface area contributed by atoms with E-state index < -0.39 is 59.8 Å². The Hall–Kier alpha value is -0.900. The molecule has 0 spiro atoms. The van der Waals surface area contributed by atoms with Crippen LogP contribution in [0, 0.1) is 0 Å². The maximum atomic E-state index is 12.8. The van der Waals surface area contributed by atoms with Crippen LogP contribution >= 0.6 is 0 Å². The first-order chi connectivity index (χ1) is 26.6. The maximum Gasteiger partial charge on any atom is 0.397 e. The molecule has 6 atom stereocenters. The largest absolute Gasteiger partial charge is 0.457 e. The van der Waals surface area contributed by atoms with Gasteiger partial charge in [-0.3, -0.25) is 9.35 Å². The smallest absolute Gasteiger partial charge is 0.397 e. The second-order valence-electron chi connectivity index (χ2n) is 15.7. The van der Waals surface area contributed by atoms with Crippen LogP contribution in [0.25, 0.3) is 0 Å². The van der Waals surface area contributed by atoms with Crippen molar-refractivity contribution in [3.05, 3.63) is 0 Å². The van der Waals surface area contributed by atoms with Crippen LogP contribution in [0.2, 0.25) is 0 Å². The Labute approximate surface area is 335 Å². The fourth-order valence-corrected chi connectivity index (χ4v) is 7.59. The van der Waals surface area contributed by atoms with Crippen LogP contribution in [-0.2, 0) is 38.3 Å². The number of hydrogen-bond acceptors (Lipinski definition) is 11. The van der Waals surface area contributed by atoms with E-state index in [1.165, 1.54) is 135 Å². The van der Waals surface area contributed by atoms with Crippen molar-refractivity contribution in [1.29, 1.82) is 0 Å². The van der Waals surface area contributed by atoms with Gasteiger partial charge in [-0.05, 0) is 12.8 Å². The highest BCUT2D eigenvalue weighted by Gasteiger charge is 2.48. The summed E-state index contributed by atoms with van der Waals surface area (Å²) in [6.45, 7) is 3.96. The van der Waals surface area contributed by atoms with Crippen LogP contribution in [0.15, 0.2) is 0 Å². The molecule has 55 heavy (non-hydrogen) atoms. The normalized spacial score (nSPS) is 20.9. The topological polar surface area (TPSA) is 178 Å². The first kappa shape index (κ1) is 52.1. The van der Waals surface area contributed by atoms with Gasteiger partial charge in [0.15, 0.2) is 6.29 Å². The van der Waals surface area contributed by atoms with Gasteiger partial charge in [0, 0.05) is 13.0 Å². The summed E-state index contributed by atoms with van der Waals surface area (Å²) in [4.78, 5) is 12.8. The Bertz CT molecular complexity index is 984. The third-order valence-electron chi connectivity index (χ3n) is 10.5. The predicted molar refractivity (Wildman–Crippen MR) is 216 cm³/mol. The fourth-order valence-electron chi connectivity index (χ4n) is 7.09. The summed E-state index contributed by atoms with van der Waals surface area (Å²) in [6.07, 6.45) is 26.1. The molecule has 0 bridgehead atoms. The van der Waals surface area contributed by atoms with Crippen LogP contribution in [0.1, 0.15) is 200 Å². The number of hydrogen-bond donors (Lipinski definition) is 4. The number of rotatable bonds is 39. The zero-order valence-electron chi connectivity index (χ0n) is 34.8. The van der Waals surface area contributed by atoms with E-state index in [1.807, 2.05) is 0 Å². The molecule has 4 N–H and O–H groups in total. The predicted octanol–water partition coefficient (Wildman–Crippen LogP) is 8.91. The SMILES string of the molecule is CCCCCCCCCCCCCCCCCCCCCCCCC(=O)OC(COCCCCCCCC)COC1OC(CO)C(O)C(OS(=O)(=O)O)C1O. The van der Waals surface area contributed by atoms with Gasteiger partial charge in [-0.2, -0.15) is 8.42 Å². The van der Waals surface area contributed by atoms with Crippen molar-refractivity contribution in [3.8, 4) is 0 Å². The third kappa shape index (κ3) is 29.0. The first-order valence-corrected chi connectivity index (χ1v) is 23.7. The van der Waals surface area contributed by atoms with Gasteiger partial charge in [0.1, 0.15) is 30.5 Å². The van der Waals surface area contributed by atoms with Crippen molar-refractivity contribution < 1.29 is 56.2 Å². The molecule has 1 fully saturated rings. The standard InChI is InChI=1S/C42H82O12S/c1-3-5-7-9-11-12-13-14-15-16-17-18-19-20-21-22-23-24-25-26-27-29-31-38(44)52-36(34-50-32-30-28-10-8-6-4-2)35-51-42-40(46)41(54-55(47,48)49)39(45)37(33-43)53-42/h36-37,39-43,45-46H,3-35H2,1-2H3,(H,47,48,49). The van der Waals surface area contributed by atoms with Gasteiger partial charge in [-0.25, -0.2) is 4.18 Å². The van der Waals surface area contributed by atoms with Crippen molar-refractivity contribution in [2.75, 3.05) is 26.4 Å². The van der Waals surface area contributed by atoms with Gasteiger partial charge < -0.3 is 34.3 Å². The fraction of sp³-hybridized carbons (Fsp3) is 0.976. The van der Waals surface area contributed by atoms with Crippen molar-refractivity contribution in [3.63, 3.8) is 0 Å². The lowest BCUT2D eigenvalue weighted by molar-refractivity contribution is -0.301. The summed E-state index contributed by atoms with van der Waals surface area (Å²) in [5.74, 6) is -0.397. The molecule has 0 aromatic carbocycles. The summed E-state index contributed by atoms with van der Waals surface area (Å²) >= 11 is 0. The van der Waals surface area contributed by atoms with E-state index in [0.717, 1.165) is 38.5 Å². The molecule has 0 aromatic heterocycles. The molecule has 0 radical (unpaired) electrons. The molecule has 1 aliphatic rings. The van der Waals surface area contributed by atoms with Gasteiger partial charge in [0.05, 0.1) is 19.8 Å². The van der Waals surface area contributed by atoms with E-state index >= 15 is 0 Å². The Balaban J connectivity index is 2.27. The molecule has 0 aromatic rings. The highest BCUT2D eigenvalue weighted by atomic mass is 32.3. The van der Waals surface area contributed by atoms with Crippen molar-refractivity contribution >= 4 is 16.4 Å². The average molecular weight is 811 g/mol. The van der Waals surface area contributed by atoms with Crippen molar-refractivity contribution in [2.45, 2.75) is 237 Å². The van der Waals surface area contributed by atoms with E-state index in [4.69, 9.17) is 23.5 Å². The van der Waals surface area contributed by atoms with Crippen molar-refractivity contribution in [2.24, 2.45) is 0 Å². The van der Waals surface area contributed by atoms with Crippen LogP contribution < -0.4 is 0 Å². The highest BCUT2D eigenvalue weighted by Crippen LogP contribution is 2.26. The Morgan fingerprint density at radius 1 is 0.618 bits per heavy atom. The zero-order chi connectivity index (χ0) is 40.4. The lowest BCUT2D eigenvalue weighted by Crippen LogP contribution is -2.60. The number of carbonyl (C=O) groups is 1. The molecule has 13 heteroatoms. The van der Waals surface area contributed by atoms with E-state index in [-0.39, 0.29) is 19.6 Å². The molecular formula is C42H82O12S. The second kappa shape index (κ2) is 35.1.